The van der Waals surface area contributed by atoms with Gasteiger partial charge in [0.1, 0.15) is 21.7 Å². The number of furan rings is 1. The van der Waals surface area contributed by atoms with Crippen molar-refractivity contribution >= 4 is 23.2 Å². The number of aromatic nitrogens is 1. The standard InChI is InChI=1S/C17H19N3O4S/c1-16(2)15(22)19-17(24-16)5-3-6-20(10-17)14(21)12-8-18-13(25-12)11-4-7-23-9-11/h4,7-9H,3,5-6,10H2,1-2H3,(H,19,22). The first-order valence-electron chi connectivity index (χ1n) is 8.19. The van der Waals surface area contributed by atoms with E-state index in [0.717, 1.165) is 17.0 Å². The molecule has 132 valence electrons. The first-order valence-corrected chi connectivity index (χ1v) is 9.01. The van der Waals surface area contributed by atoms with Gasteiger partial charge in [-0.25, -0.2) is 4.98 Å². The second-order valence-corrected chi connectivity index (χ2v) is 7.96. The summed E-state index contributed by atoms with van der Waals surface area (Å²) in [7, 11) is 0. The van der Waals surface area contributed by atoms with E-state index in [1.807, 2.05) is 6.07 Å². The maximum atomic E-state index is 12.9. The molecule has 2 aliphatic rings. The maximum Gasteiger partial charge on any atom is 0.265 e. The van der Waals surface area contributed by atoms with E-state index in [2.05, 4.69) is 10.3 Å². The highest BCUT2D eigenvalue weighted by Crippen LogP contribution is 2.34. The Labute approximate surface area is 149 Å². The van der Waals surface area contributed by atoms with Gasteiger partial charge in [0, 0.05) is 12.1 Å². The van der Waals surface area contributed by atoms with Crippen molar-refractivity contribution in [2.75, 3.05) is 13.1 Å². The van der Waals surface area contributed by atoms with Crippen LogP contribution in [0.3, 0.4) is 0 Å². The number of amides is 2. The molecular weight excluding hydrogens is 342 g/mol. The van der Waals surface area contributed by atoms with Crippen LogP contribution >= 0.6 is 11.3 Å². The van der Waals surface area contributed by atoms with Gasteiger partial charge in [0.25, 0.3) is 11.8 Å². The topological polar surface area (TPSA) is 84.7 Å². The summed E-state index contributed by atoms with van der Waals surface area (Å²) in [5.74, 6) is -0.226. The van der Waals surface area contributed by atoms with E-state index < -0.39 is 11.3 Å². The molecule has 7 nitrogen and oxygen atoms in total. The van der Waals surface area contributed by atoms with Crippen LogP contribution in [0.25, 0.3) is 10.6 Å². The van der Waals surface area contributed by atoms with Crippen molar-refractivity contribution in [3.63, 3.8) is 0 Å². The van der Waals surface area contributed by atoms with Crippen LogP contribution in [0.4, 0.5) is 0 Å². The molecule has 2 aliphatic heterocycles. The molecule has 4 rings (SSSR count). The fourth-order valence-corrected chi connectivity index (χ4v) is 4.22. The van der Waals surface area contributed by atoms with Crippen LogP contribution in [-0.2, 0) is 9.53 Å². The van der Waals surface area contributed by atoms with Crippen LogP contribution in [0.15, 0.2) is 29.2 Å². The van der Waals surface area contributed by atoms with Crippen LogP contribution in [0, 0.1) is 0 Å². The third-order valence-corrected chi connectivity index (χ3v) is 5.60. The van der Waals surface area contributed by atoms with Crippen LogP contribution in [0.5, 0.6) is 0 Å². The lowest BCUT2D eigenvalue weighted by Gasteiger charge is -2.39. The summed E-state index contributed by atoms with van der Waals surface area (Å²) in [5.41, 5.74) is -0.801. The van der Waals surface area contributed by atoms with Crippen molar-refractivity contribution in [2.45, 2.75) is 38.0 Å². The molecule has 2 saturated heterocycles. The van der Waals surface area contributed by atoms with Gasteiger partial charge in [-0.2, -0.15) is 0 Å². The smallest absolute Gasteiger partial charge is 0.265 e. The number of hydrogen-bond acceptors (Lipinski definition) is 6. The average Bonchev–Trinajstić information content (AvgIpc) is 3.27. The molecule has 0 aliphatic carbocycles. The van der Waals surface area contributed by atoms with Gasteiger partial charge < -0.3 is 19.4 Å². The van der Waals surface area contributed by atoms with Gasteiger partial charge >= 0.3 is 0 Å². The summed E-state index contributed by atoms with van der Waals surface area (Å²) in [4.78, 5) is 31.6. The number of thiazole rings is 1. The zero-order chi connectivity index (χ0) is 17.7. The molecule has 0 radical (unpaired) electrons. The van der Waals surface area contributed by atoms with E-state index in [-0.39, 0.29) is 11.8 Å². The Kier molecular flexibility index (Phi) is 3.69. The Morgan fingerprint density at radius 3 is 2.96 bits per heavy atom. The number of rotatable bonds is 2. The molecule has 0 aromatic carbocycles. The molecule has 2 aromatic rings. The highest BCUT2D eigenvalue weighted by atomic mass is 32.1. The van der Waals surface area contributed by atoms with E-state index in [9.17, 15) is 9.59 Å². The average molecular weight is 361 g/mol. The SMILES string of the molecule is CC1(C)OC2(CCCN(C(=O)c3cnc(-c4ccoc4)s3)C2)NC1=O. The predicted molar refractivity (Wildman–Crippen MR) is 91.0 cm³/mol. The van der Waals surface area contributed by atoms with E-state index in [0.29, 0.717) is 24.4 Å². The quantitative estimate of drug-likeness (QED) is 0.887. The van der Waals surface area contributed by atoms with E-state index in [1.165, 1.54) is 11.3 Å². The fraction of sp³-hybridized carbons (Fsp3) is 0.471. The van der Waals surface area contributed by atoms with Gasteiger partial charge in [-0.3, -0.25) is 9.59 Å². The minimum absolute atomic E-state index is 0.0890. The highest BCUT2D eigenvalue weighted by Gasteiger charge is 2.52. The minimum Gasteiger partial charge on any atom is -0.472 e. The summed E-state index contributed by atoms with van der Waals surface area (Å²) < 4.78 is 11.1. The lowest BCUT2D eigenvalue weighted by atomic mass is 10.0. The summed E-state index contributed by atoms with van der Waals surface area (Å²) in [6.07, 6.45) is 6.25. The number of piperidine rings is 1. The Balaban J connectivity index is 1.52. The third kappa shape index (κ3) is 2.85. The van der Waals surface area contributed by atoms with Crippen LogP contribution < -0.4 is 5.32 Å². The van der Waals surface area contributed by atoms with E-state index in [4.69, 9.17) is 9.15 Å². The lowest BCUT2D eigenvalue weighted by molar-refractivity contribution is -0.138. The molecule has 0 saturated carbocycles. The van der Waals surface area contributed by atoms with Crippen LogP contribution in [0.2, 0.25) is 0 Å². The number of carbonyl (C=O) groups is 2. The fourth-order valence-electron chi connectivity index (χ4n) is 3.35. The Morgan fingerprint density at radius 1 is 1.44 bits per heavy atom. The van der Waals surface area contributed by atoms with Gasteiger partial charge in [-0.15, -0.1) is 11.3 Å². The van der Waals surface area contributed by atoms with Gasteiger partial charge in [-0.1, -0.05) is 0 Å². The molecule has 1 N–H and O–H groups in total. The number of likely N-dealkylation sites (tertiary alicyclic amines) is 1. The van der Waals surface area contributed by atoms with Gasteiger partial charge in [0.15, 0.2) is 5.72 Å². The Hall–Kier alpha value is -2.19. The molecule has 2 fully saturated rings. The number of carbonyl (C=O) groups excluding carboxylic acids is 2. The first kappa shape index (κ1) is 16.3. The van der Waals surface area contributed by atoms with Crippen LogP contribution in [-0.4, -0.2) is 46.1 Å². The molecule has 0 bridgehead atoms. The predicted octanol–water partition coefficient (Wildman–Crippen LogP) is 2.26. The molecule has 1 unspecified atom stereocenters. The molecule has 8 heteroatoms. The van der Waals surface area contributed by atoms with E-state index >= 15 is 0 Å². The second kappa shape index (κ2) is 5.67. The second-order valence-electron chi connectivity index (χ2n) is 6.93. The minimum atomic E-state index is -0.870. The lowest BCUT2D eigenvalue weighted by Crippen LogP contribution is -2.56. The number of hydrogen-bond donors (Lipinski definition) is 1. The van der Waals surface area contributed by atoms with Gasteiger partial charge in [0.2, 0.25) is 0 Å². The Morgan fingerprint density at radius 2 is 2.28 bits per heavy atom. The van der Waals surface area contributed by atoms with Crippen molar-refractivity contribution in [2.24, 2.45) is 0 Å². The molecule has 4 heterocycles. The van der Waals surface area contributed by atoms with Crippen molar-refractivity contribution < 1.29 is 18.7 Å². The molecule has 1 spiro atoms. The number of ether oxygens (including phenoxy) is 1. The molecule has 1 atom stereocenters. The van der Waals surface area contributed by atoms with Gasteiger partial charge in [-0.05, 0) is 32.8 Å². The largest absolute Gasteiger partial charge is 0.472 e. The summed E-state index contributed by atoms with van der Waals surface area (Å²) >= 11 is 1.33. The zero-order valence-electron chi connectivity index (χ0n) is 14.1. The zero-order valence-corrected chi connectivity index (χ0v) is 14.9. The molecule has 2 amide bonds. The van der Waals surface area contributed by atoms with Crippen molar-refractivity contribution in [1.29, 1.82) is 0 Å². The summed E-state index contributed by atoms with van der Waals surface area (Å²) in [5, 5.41) is 3.69. The maximum absolute atomic E-state index is 12.9. The molecule has 25 heavy (non-hydrogen) atoms. The first-order chi connectivity index (χ1) is 11.9. The van der Waals surface area contributed by atoms with Crippen LogP contribution in [0.1, 0.15) is 36.4 Å². The van der Waals surface area contributed by atoms with Crippen molar-refractivity contribution in [3.8, 4) is 10.6 Å². The normalized spacial score (nSPS) is 25.4. The molecule has 2 aromatic heterocycles. The highest BCUT2D eigenvalue weighted by molar-refractivity contribution is 7.16. The van der Waals surface area contributed by atoms with Gasteiger partial charge in [0.05, 0.1) is 19.0 Å². The van der Waals surface area contributed by atoms with Crippen molar-refractivity contribution in [1.82, 2.24) is 15.2 Å². The third-order valence-electron chi connectivity index (χ3n) is 4.57. The number of nitrogens with one attached hydrogen (secondary N) is 1. The summed E-state index contributed by atoms with van der Waals surface area (Å²) in [6, 6.07) is 1.81. The molecular formula is C17H19N3O4S. The van der Waals surface area contributed by atoms with Crippen molar-refractivity contribution in [3.05, 3.63) is 29.7 Å². The summed E-state index contributed by atoms with van der Waals surface area (Å²) in [6.45, 7) is 4.48. The Bertz CT molecular complexity index is 814. The van der Waals surface area contributed by atoms with E-state index in [1.54, 1.807) is 37.5 Å². The number of nitrogens with zero attached hydrogens (tertiary/aromatic N) is 2. The monoisotopic (exact) mass is 361 g/mol.